The first-order valence-corrected chi connectivity index (χ1v) is 8.61. The lowest BCUT2D eigenvalue weighted by atomic mass is 10.0. The quantitative estimate of drug-likeness (QED) is 0.807. The Hall–Kier alpha value is -1.61. The molecular formula is C16H24F3N5O. The number of hydrogen-bond acceptors (Lipinski definition) is 4. The summed E-state index contributed by atoms with van der Waals surface area (Å²) in [5.74, 6) is 0.611. The number of alkyl halides is 3. The minimum atomic E-state index is -4.34. The summed E-state index contributed by atoms with van der Waals surface area (Å²) in [5.41, 5.74) is 0. The van der Waals surface area contributed by atoms with Crippen LogP contribution in [0.5, 0.6) is 0 Å². The summed E-state index contributed by atoms with van der Waals surface area (Å²) in [6.45, 7) is 2.78. The number of likely N-dealkylation sites (tertiary alicyclic amines) is 1. The standard InChI is InChI=1S/C16H24F3N5O/c1-21-6-4-20-14(21)11-22-7-9-23(10-8-22)13-3-2-5-24(15(13)25)12-16(17,18)19/h4,6,13H,2-3,5,7-12H2,1H3. The summed E-state index contributed by atoms with van der Waals surface area (Å²) in [7, 11) is 1.95. The molecule has 0 radical (unpaired) electrons. The number of nitrogens with zero attached hydrogens (tertiary/aromatic N) is 5. The third-order valence-electron chi connectivity index (χ3n) is 5.01. The Labute approximate surface area is 145 Å². The Morgan fingerprint density at radius 3 is 2.52 bits per heavy atom. The number of carbonyl (C=O) groups is 1. The van der Waals surface area contributed by atoms with Crippen LogP contribution in [0.3, 0.4) is 0 Å². The van der Waals surface area contributed by atoms with E-state index in [1.807, 2.05) is 22.7 Å². The second-order valence-corrected chi connectivity index (χ2v) is 6.80. The van der Waals surface area contributed by atoms with E-state index in [1.165, 1.54) is 0 Å². The molecule has 0 spiro atoms. The first-order chi connectivity index (χ1) is 11.8. The number of rotatable bonds is 4. The number of aryl methyl sites for hydroxylation is 1. The van der Waals surface area contributed by atoms with Gasteiger partial charge in [-0.15, -0.1) is 0 Å². The molecule has 1 unspecified atom stereocenters. The normalized spacial score (nSPS) is 24.1. The van der Waals surface area contributed by atoms with Crippen LogP contribution >= 0.6 is 0 Å². The van der Waals surface area contributed by atoms with Gasteiger partial charge in [-0.2, -0.15) is 13.2 Å². The van der Waals surface area contributed by atoms with Crippen molar-refractivity contribution in [3.8, 4) is 0 Å². The maximum Gasteiger partial charge on any atom is 0.406 e. The van der Waals surface area contributed by atoms with E-state index in [1.54, 1.807) is 6.20 Å². The highest BCUT2D eigenvalue weighted by molar-refractivity contribution is 5.82. The van der Waals surface area contributed by atoms with Gasteiger partial charge in [-0.25, -0.2) is 4.98 Å². The van der Waals surface area contributed by atoms with Gasteiger partial charge in [0.25, 0.3) is 0 Å². The van der Waals surface area contributed by atoms with Crippen LogP contribution in [0.4, 0.5) is 13.2 Å². The summed E-state index contributed by atoms with van der Waals surface area (Å²) >= 11 is 0. The zero-order valence-corrected chi connectivity index (χ0v) is 14.4. The first kappa shape index (κ1) is 18.2. The molecule has 1 aromatic rings. The molecule has 140 valence electrons. The van der Waals surface area contributed by atoms with E-state index in [9.17, 15) is 18.0 Å². The molecule has 2 aliphatic rings. The van der Waals surface area contributed by atoms with Crippen molar-refractivity contribution in [2.75, 3.05) is 39.3 Å². The Bertz CT molecular complexity index is 595. The topological polar surface area (TPSA) is 44.6 Å². The van der Waals surface area contributed by atoms with Gasteiger partial charge in [0.15, 0.2) is 0 Å². The van der Waals surface area contributed by atoms with E-state index in [2.05, 4.69) is 9.88 Å². The van der Waals surface area contributed by atoms with Crippen molar-refractivity contribution in [2.24, 2.45) is 7.05 Å². The van der Waals surface area contributed by atoms with Crippen LogP contribution in [0, 0.1) is 0 Å². The average molecular weight is 359 g/mol. The van der Waals surface area contributed by atoms with Crippen molar-refractivity contribution in [1.29, 1.82) is 0 Å². The Morgan fingerprint density at radius 2 is 1.92 bits per heavy atom. The van der Waals surface area contributed by atoms with Crippen LogP contribution in [0.1, 0.15) is 18.7 Å². The lowest BCUT2D eigenvalue weighted by Crippen LogP contribution is -2.58. The highest BCUT2D eigenvalue weighted by atomic mass is 19.4. The average Bonchev–Trinajstić information content (AvgIpc) is 2.94. The maximum absolute atomic E-state index is 12.6. The van der Waals surface area contributed by atoms with Gasteiger partial charge in [-0.05, 0) is 12.8 Å². The molecule has 0 N–H and O–H groups in total. The number of aromatic nitrogens is 2. The predicted molar refractivity (Wildman–Crippen MR) is 85.7 cm³/mol. The molecule has 0 aliphatic carbocycles. The van der Waals surface area contributed by atoms with Crippen LogP contribution in [-0.4, -0.2) is 81.6 Å². The Kier molecular flexibility index (Phi) is 5.33. The van der Waals surface area contributed by atoms with Crippen LogP contribution in [0.15, 0.2) is 12.4 Å². The highest BCUT2D eigenvalue weighted by Gasteiger charge is 2.39. The molecule has 2 aliphatic heterocycles. The SMILES string of the molecule is Cn1ccnc1CN1CCN(C2CCCN(CC(F)(F)F)C2=O)CC1. The monoisotopic (exact) mass is 359 g/mol. The number of piperazine rings is 1. The minimum Gasteiger partial charge on any atom is -0.337 e. The molecule has 2 fully saturated rings. The van der Waals surface area contributed by atoms with Crippen LogP contribution < -0.4 is 0 Å². The molecule has 1 atom stereocenters. The number of imidazole rings is 1. The van der Waals surface area contributed by atoms with Crippen molar-refractivity contribution < 1.29 is 18.0 Å². The fourth-order valence-corrected chi connectivity index (χ4v) is 3.61. The number of carbonyl (C=O) groups excluding carboxylic acids is 1. The van der Waals surface area contributed by atoms with Crippen molar-refractivity contribution in [3.63, 3.8) is 0 Å². The van der Waals surface area contributed by atoms with E-state index in [0.717, 1.165) is 30.4 Å². The summed E-state index contributed by atoms with van der Waals surface area (Å²) in [6.07, 6.45) is 0.605. The fourth-order valence-electron chi connectivity index (χ4n) is 3.61. The van der Waals surface area contributed by atoms with Gasteiger partial charge in [-0.1, -0.05) is 0 Å². The maximum atomic E-state index is 12.6. The number of hydrogen-bond donors (Lipinski definition) is 0. The highest BCUT2D eigenvalue weighted by Crippen LogP contribution is 2.23. The second-order valence-electron chi connectivity index (χ2n) is 6.80. The number of piperidine rings is 1. The molecule has 9 heteroatoms. The molecule has 0 bridgehead atoms. The molecule has 0 saturated carbocycles. The van der Waals surface area contributed by atoms with Crippen LogP contribution in [0.2, 0.25) is 0 Å². The molecule has 3 heterocycles. The van der Waals surface area contributed by atoms with Gasteiger partial charge < -0.3 is 9.47 Å². The largest absolute Gasteiger partial charge is 0.406 e. The van der Waals surface area contributed by atoms with Crippen molar-refractivity contribution in [1.82, 2.24) is 24.3 Å². The van der Waals surface area contributed by atoms with Crippen LogP contribution in [0.25, 0.3) is 0 Å². The fraction of sp³-hybridized carbons (Fsp3) is 0.750. The third-order valence-corrected chi connectivity index (χ3v) is 5.01. The Balaban J connectivity index is 1.53. The summed E-state index contributed by atoms with van der Waals surface area (Å²) in [6, 6.07) is -0.411. The molecule has 2 saturated heterocycles. The summed E-state index contributed by atoms with van der Waals surface area (Å²) in [5, 5.41) is 0. The van der Waals surface area contributed by atoms with Gasteiger partial charge in [0.1, 0.15) is 12.4 Å². The van der Waals surface area contributed by atoms with E-state index in [0.29, 0.717) is 25.9 Å². The molecule has 1 amide bonds. The van der Waals surface area contributed by atoms with Gasteiger partial charge in [0, 0.05) is 52.2 Å². The minimum absolute atomic E-state index is 0.202. The zero-order chi connectivity index (χ0) is 18.0. The van der Waals surface area contributed by atoms with E-state index in [4.69, 9.17) is 0 Å². The first-order valence-electron chi connectivity index (χ1n) is 8.61. The van der Waals surface area contributed by atoms with E-state index >= 15 is 0 Å². The van der Waals surface area contributed by atoms with Gasteiger partial charge in [0.05, 0.1) is 12.6 Å². The molecule has 3 rings (SSSR count). The molecule has 1 aromatic heterocycles. The summed E-state index contributed by atoms with van der Waals surface area (Å²) in [4.78, 5) is 22.0. The van der Waals surface area contributed by atoms with E-state index < -0.39 is 18.8 Å². The van der Waals surface area contributed by atoms with Gasteiger partial charge >= 0.3 is 6.18 Å². The van der Waals surface area contributed by atoms with Gasteiger partial charge in [-0.3, -0.25) is 14.6 Å². The molecule has 25 heavy (non-hydrogen) atoms. The smallest absolute Gasteiger partial charge is 0.337 e. The van der Waals surface area contributed by atoms with Crippen molar-refractivity contribution in [3.05, 3.63) is 18.2 Å². The number of amides is 1. The van der Waals surface area contributed by atoms with Crippen LogP contribution in [-0.2, 0) is 18.4 Å². The second kappa shape index (κ2) is 7.33. The van der Waals surface area contributed by atoms with Crippen molar-refractivity contribution >= 4 is 5.91 Å². The Morgan fingerprint density at radius 1 is 1.20 bits per heavy atom. The zero-order valence-electron chi connectivity index (χ0n) is 14.4. The molecular weight excluding hydrogens is 335 g/mol. The number of halogens is 3. The van der Waals surface area contributed by atoms with Gasteiger partial charge in [0.2, 0.25) is 5.91 Å². The molecule has 0 aromatic carbocycles. The molecule has 6 nitrogen and oxygen atoms in total. The lowest BCUT2D eigenvalue weighted by Gasteiger charge is -2.42. The lowest BCUT2D eigenvalue weighted by molar-refractivity contribution is -0.168. The van der Waals surface area contributed by atoms with Crippen molar-refractivity contribution in [2.45, 2.75) is 31.6 Å². The predicted octanol–water partition coefficient (Wildman–Crippen LogP) is 1.09. The third kappa shape index (κ3) is 4.52. The van der Waals surface area contributed by atoms with E-state index in [-0.39, 0.29) is 12.5 Å². The summed E-state index contributed by atoms with van der Waals surface area (Å²) < 4.78 is 39.9.